The number of amides is 1. The molecule has 0 saturated carbocycles. The Morgan fingerprint density at radius 1 is 1.44 bits per heavy atom. The molecule has 0 radical (unpaired) electrons. The van der Waals surface area contributed by atoms with Crippen molar-refractivity contribution in [3.05, 3.63) is 46.5 Å². The van der Waals surface area contributed by atoms with Crippen LogP contribution in [0.15, 0.2) is 34.0 Å². The summed E-state index contributed by atoms with van der Waals surface area (Å²) in [5.74, 6) is 0.261. The fraction of sp³-hybridized carbons (Fsp3) is 0.412. The molecule has 0 spiro atoms. The van der Waals surface area contributed by atoms with Crippen molar-refractivity contribution in [1.29, 1.82) is 0 Å². The van der Waals surface area contributed by atoms with E-state index in [-0.39, 0.29) is 28.6 Å². The molecule has 0 aliphatic carbocycles. The lowest BCUT2D eigenvalue weighted by Gasteiger charge is -2.24. The first-order valence-corrected chi connectivity index (χ1v) is 8.29. The summed E-state index contributed by atoms with van der Waals surface area (Å²) in [6.07, 6.45) is 6.86. The van der Waals surface area contributed by atoms with Gasteiger partial charge in [-0.05, 0) is 25.8 Å². The van der Waals surface area contributed by atoms with E-state index in [2.05, 4.69) is 10.1 Å². The zero-order valence-electron chi connectivity index (χ0n) is 14.2. The number of rotatable bonds is 3. The molecule has 8 heteroatoms. The first kappa shape index (κ1) is 15.6. The lowest BCUT2D eigenvalue weighted by molar-refractivity contribution is 0.0721. The fourth-order valence-electron chi connectivity index (χ4n) is 3.51. The summed E-state index contributed by atoms with van der Waals surface area (Å²) in [7, 11) is 1.61. The van der Waals surface area contributed by atoms with Gasteiger partial charge < -0.3 is 13.9 Å². The van der Waals surface area contributed by atoms with Crippen LogP contribution in [-0.4, -0.2) is 42.7 Å². The number of furan rings is 1. The average molecular weight is 341 g/mol. The SMILES string of the molecule is Cc1oc2ncn(C)c(=O)c2c1C(=O)N1CCCC1Cn1cccn1. The van der Waals surface area contributed by atoms with E-state index >= 15 is 0 Å². The molecule has 0 bridgehead atoms. The Labute approximate surface area is 143 Å². The van der Waals surface area contributed by atoms with Crippen LogP contribution < -0.4 is 5.56 Å². The van der Waals surface area contributed by atoms with Gasteiger partial charge in [-0.2, -0.15) is 5.10 Å². The summed E-state index contributed by atoms with van der Waals surface area (Å²) >= 11 is 0. The van der Waals surface area contributed by atoms with E-state index in [0.717, 1.165) is 12.8 Å². The number of fused-ring (bicyclic) bond motifs is 1. The molecule has 1 aliphatic rings. The van der Waals surface area contributed by atoms with Gasteiger partial charge in [-0.1, -0.05) is 0 Å². The van der Waals surface area contributed by atoms with Gasteiger partial charge in [-0.3, -0.25) is 14.3 Å². The Morgan fingerprint density at radius 3 is 3.04 bits per heavy atom. The Kier molecular flexibility index (Phi) is 3.67. The van der Waals surface area contributed by atoms with Gasteiger partial charge in [0.25, 0.3) is 11.5 Å². The zero-order valence-corrected chi connectivity index (χ0v) is 14.2. The first-order chi connectivity index (χ1) is 12.1. The summed E-state index contributed by atoms with van der Waals surface area (Å²) in [5.41, 5.74) is 0.274. The van der Waals surface area contributed by atoms with Crippen LogP contribution in [0.2, 0.25) is 0 Å². The molecule has 1 fully saturated rings. The third-order valence-corrected chi connectivity index (χ3v) is 4.76. The summed E-state index contributed by atoms with van der Waals surface area (Å²) < 4.78 is 8.76. The number of aromatic nitrogens is 4. The highest BCUT2D eigenvalue weighted by Gasteiger charge is 2.33. The largest absolute Gasteiger partial charge is 0.442 e. The van der Waals surface area contributed by atoms with Crippen molar-refractivity contribution in [3.8, 4) is 0 Å². The van der Waals surface area contributed by atoms with Crippen molar-refractivity contribution >= 4 is 17.0 Å². The van der Waals surface area contributed by atoms with E-state index in [1.165, 1.54) is 10.9 Å². The molecule has 1 unspecified atom stereocenters. The van der Waals surface area contributed by atoms with Crippen molar-refractivity contribution in [1.82, 2.24) is 24.2 Å². The molecule has 3 aromatic heterocycles. The molecule has 4 rings (SSSR count). The van der Waals surface area contributed by atoms with E-state index in [1.54, 1.807) is 20.2 Å². The summed E-state index contributed by atoms with van der Waals surface area (Å²) in [6, 6.07) is 1.92. The molecule has 1 amide bonds. The second-order valence-corrected chi connectivity index (χ2v) is 6.40. The van der Waals surface area contributed by atoms with Crippen molar-refractivity contribution in [2.45, 2.75) is 32.4 Å². The van der Waals surface area contributed by atoms with Gasteiger partial charge in [0.2, 0.25) is 5.71 Å². The van der Waals surface area contributed by atoms with Crippen LogP contribution in [-0.2, 0) is 13.6 Å². The van der Waals surface area contributed by atoms with Gasteiger partial charge in [0, 0.05) is 26.0 Å². The highest BCUT2D eigenvalue weighted by molar-refractivity contribution is 6.06. The highest BCUT2D eigenvalue weighted by atomic mass is 16.3. The molecule has 1 aliphatic heterocycles. The molecule has 1 saturated heterocycles. The van der Waals surface area contributed by atoms with Gasteiger partial charge in [0.15, 0.2) is 0 Å². The number of hydrogen-bond acceptors (Lipinski definition) is 5. The van der Waals surface area contributed by atoms with Crippen molar-refractivity contribution < 1.29 is 9.21 Å². The minimum absolute atomic E-state index is 0.0530. The number of carbonyl (C=O) groups excluding carboxylic acids is 1. The standard InChI is InChI=1S/C17H19N5O3/c1-11-13(14-15(25-11)18-10-20(2)16(14)23)17(24)22-8-3-5-12(22)9-21-7-4-6-19-21/h4,6-7,10,12H,3,5,8-9H2,1-2H3. The molecule has 0 N–H and O–H groups in total. The van der Waals surface area contributed by atoms with E-state index in [4.69, 9.17) is 4.42 Å². The molecule has 0 aromatic carbocycles. The molecule has 8 nitrogen and oxygen atoms in total. The van der Waals surface area contributed by atoms with E-state index in [9.17, 15) is 9.59 Å². The van der Waals surface area contributed by atoms with Crippen LogP contribution in [0.25, 0.3) is 11.1 Å². The van der Waals surface area contributed by atoms with Gasteiger partial charge in [0.1, 0.15) is 17.5 Å². The summed E-state index contributed by atoms with van der Waals surface area (Å²) in [6.45, 7) is 3.01. The Bertz CT molecular complexity index is 986. The highest BCUT2D eigenvalue weighted by Crippen LogP contribution is 2.27. The maximum absolute atomic E-state index is 13.2. The van der Waals surface area contributed by atoms with Crippen LogP contribution in [0.3, 0.4) is 0 Å². The maximum atomic E-state index is 13.2. The normalized spacial score (nSPS) is 17.5. The molecule has 1 atom stereocenters. The van der Waals surface area contributed by atoms with Gasteiger partial charge in [-0.25, -0.2) is 4.98 Å². The number of aryl methyl sites for hydroxylation is 2. The molecule has 130 valence electrons. The minimum atomic E-state index is -0.270. The van der Waals surface area contributed by atoms with Gasteiger partial charge in [-0.15, -0.1) is 0 Å². The second-order valence-electron chi connectivity index (χ2n) is 6.40. The van der Waals surface area contributed by atoms with Crippen LogP contribution >= 0.6 is 0 Å². The second kappa shape index (κ2) is 5.87. The topological polar surface area (TPSA) is 86.2 Å². The molecule has 4 heterocycles. The molecular formula is C17H19N5O3. The number of hydrogen-bond donors (Lipinski definition) is 0. The Balaban J connectivity index is 1.73. The summed E-state index contributed by atoms with van der Waals surface area (Å²) in [4.78, 5) is 31.7. The third kappa shape index (κ3) is 2.54. The predicted molar refractivity (Wildman–Crippen MR) is 90.3 cm³/mol. The summed E-state index contributed by atoms with van der Waals surface area (Å²) in [5, 5.41) is 4.49. The van der Waals surface area contributed by atoms with Gasteiger partial charge >= 0.3 is 0 Å². The number of nitrogens with zero attached hydrogens (tertiary/aromatic N) is 5. The number of carbonyl (C=O) groups is 1. The smallest absolute Gasteiger partial charge is 0.265 e. The van der Waals surface area contributed by atoms with E-state index < -0.39 is 0 Å². The molecular weight excluding hydrogens is 322 g/mol. The van der Waals surface area contributed by atoms with Crippen LogP contribution in [0.5, 0.6) is 0 Å². The van der Waals surface area contributed by atoms with Crippen LogP contribution in [0.4, 0.5) is 0 Å². The maximum Gasteiger partial charge on any atom is 0.265 e. The number of likely N-dealkylation sites (tertiary alicyclic amines) is 1. The third-order valence-electron chi connectivity index (χ3n) is 4.76. The molecule has 3 aromatic rings. The Morgan fingerprint density at radius 2 is 2.28 bits per heavy atom. The average Bonchev–Trinajstić information content (AvgIpc) is 3.31. The molecule has 25 heavy (non-hydrogen) atoms. The Hall–Kier alpha value is -2.90. The lowest BCUT2D eigenvalue weighted by atomic mass is 10.1. The quantitative estimate of drug-likeness (QED) is 0.717. The lowest BCUT2D eigenvalue weighted by Crippen LogP contribution is -2.38. The monoisotopic (exact) mass is 341 g/mol. The van der Waals surface area contributed by atoms with Crippen molar-refractivity contribution in [2.75, 3.05) is 6.54 Å². The first-order valence-electron chi connectivity index (χ1n) is 8.29. The van der Waals surface area contributed by atoms with Gasteiger partial charge in [0.05, 0.1) is 18.2 Å². The van der Waals surface area contributed by atoms with Crippen molar-refractivity contribution in [2.24, 2.45) is 7.05 Å². The fourth-order valence-corrected chi connectivity index (χ4v) is 3.51. The zero-order chi connectivity index (χ0) is 17.6. The van der Waals surface area contributed by atoms with E-state index in [1.807, 2.05) is 21.8 Å². The minimum Gasteiger partial charge on any atom is -0.442 e. The van der Waals surface area contributed by atoms with Crippen molar-refractivity contribution in [3.63, 3.8) is 0 Å². The van der Waals surface area contributed by atoms with E-state index in [0.29, 0.717) is 24.4 Å². The van der Waals surface area contributed by atoms with Crippen LogP contribution in [0, 0.1) is 6.92 Å². The predicted octanol–water partition coefficient (Wildman–Crippen LogP) is 1.34. The van der Waals surface area contributed by atoms with Crippen LogP contribution in [0.1, 0.15) is 29.0 Å².